The summed E-state index contributed by atoms with van der Waals surface area (Å²) in [4.78, 5) is 24.1. The summed E-state index contributed by atoms with van der Waals surface area (Å²) in [5.41, 5.74) is 1.80. The van der Waals surface area contributed by atoms with Gasteiger partial charge < -0.3 is 19.5 Å². The maximum Gasteiger partial charge on any atom is 0.338 e. The standard InChI is InChI=1S/C23H27NO5/c1-4-5-6-15-29-23(26)18-7-11-19(12-8-18)24-22(25)14-10-17-9-13-20(27-2)16-21(17)28-3/h7-14,16H,4-6,15H2,1-3H3,(H,24,25). The number of unbranched alkanes of at least 4 members (excludes halogenated alkanes) is 2. The quantitative estimate of drug-likeness (QED) is 0.357. The molecule has 6 heteroatoms. The molecule has 0 aromatic heterocycles. The number of hydrogen-bond acceptors (Lipinski definition) is 5. The van der Waals surface area contributed by atoms with Crippen LogP contribution in [-0.4, -0.2) is 32.7 Å². The van der Waals surface area contributed by atoms with Gasteiger partial charge in [0.1, 0.15) is 11.5 Å². The molecule has 0 heterocycles. The van der Waals surface area contributed by atoms with E-state index in [9.17, 15) is 9.59 Å². The number of esters is 1. The molecule has 0 aliphatic heterocycles. The van der Waals surface area contributed by atoms with Gasteiger partial charge in [0.25, 0.3) is 0 Å². The van der Waals surface area contributed by atoms with Gasteiger partial charge in [-0.1, -0.05) is 19.8 Å². The summed E-state index contributed by atoms with van der Waals surface area (Å²) in [6.45, 7) is 2.52. The van der Waals surface area contributed by atoms with Crippen LogP contribution < -0.4 is 14.8 Å². The first-order valence-electron chi connectivity index (χ1n) is 9.55. The molecule has 0 saturated carbocycles. The molecule has 2 aromatic rings. The molecule has 0 bridgehead atoms. The van der Waals surface area contributed by atoms with Crippen molar-refractivity contribution in [2.75, 3.05) is 26.1 Å². The van der Waals surface area contributed by atoms with Crippen LogP contribution in [0.15, 0.2) is 48.5 Å². The van der Waals surface area contributed by atoms with Crippen LogP contribution in [0.5, 0.6) is 11.5 Å². The van der Waals surface area contributed by atoms with Gasteiger partial charge in [-0.05, 0) is 48.9 Å². The minimum absolute atomic E-state index is 0.294. The van der Waals surface area contributed by atoms with E-state index in [0.717, 1.165) is 24.8 Å². The normalized spacial score (nSPS) is 10.6. The Balaban J connectivity index is 1.92. The highest BCUT2D eigenvalue weighted by Crippen LogP contribution is 2.25. The number of anilines is 1. The van der Waals surface area contributed by atoms with Crippen LogP contribution in [0.4, 0.5) is 5.69 Å². The lowest BCUT2D eigenvalue weighted by Gasteiger charge is -2.07. The summed E-state index contributed by atoms with van der Waals surface area (Å²) in [7, 11) is 3.14. The monoisotopic (exact) mass is 397 g/mol. The minimum Gasteiger partial charge on any atom is -0.497 e. The van der Waals surface area contributed by atoms with Crippen molar-refractivity contribution in [2.45, 2.75) is 26.2 Å². The number of carbonyl (C=O) groups excluding carboxylic acids is 2. The summed E-state index contributed by atoms with van der Waals surface area (Å²) < 4.78 is 15.7. The van der Waals surface area contributed by atoms with Crippen LogP contribution in [0.2, 0.25) is 0 Å². The molecule has 154 valence electrons. The van der Waals surface area contributed by atoms with E-state index < -0.39 is 0 Å². The number of ether oxygens (including phenoxy) is 3. The van der Waals surface area contributed by atoms with Gasteiger partial charge in [0.05, 0.1) is 26.4 Å². The fraction of sp³-hybridized carbons (Fsp3) is 0.304. The first-order valence-corrected chi connectivity index (χ1v) is 9.55. The fourth-order valence-corrected chi connectivity index (χ4v) is 2.60. The second kappa shape index (κ2) is 11.5. The summed E-state index contributed by atoms with van der Waals surface area (Å²) in [6, 6.07) is 12.0. The van der Waals surface area contributed by atoms with E-state index in [1.807, 2.05) is 6.07 Å². The topological polar surface area (TPSA) is 73.9 Å². The molecule has 2 aromatic carbocycles. The zero-order chi connectivity index (χ0) is 21.1. The number of benzene rings is 2. The average molecular weight is 397 g/mol. The van der Waals surface area contributed by atoms with Gasteiger partial charge in [0, 0.05) is 23.4 Å². The molecule has 0 spiro atoms. The number of carbonyl (C=O) groups is 2. The summed E-state index contributed by atoms with van der Waals surface area (Å²) in [6.07, 6.45) is 6.05. The molecule has 0 radical (unpaired) electrons. The summed E-state index contributed by atoms with van der Waals surface area (Å²) >= 11 is 0. The van der Waals surface area contributed by atoms with E-state index >= 15 is 0 Å². The highest BCUT2D eigenvalue weighted by atomic mass is 16.5. The molecule has 0 saturated heterocycles. The molecule has 0 unspecified atom stereocenters. The highest BCUT2D eigenvalue weighted by molar-refractivity contribution is 6.02. The zero-order valence-corrected chi connectivity index (χ0v) is 17.1. The molecular weight excluding hydrogens is 370 g/mol. The van der Waals surface area contributed by atoms with E-state index in [2.05, 4.69) is 12.2 Å². The Labute approximate surface area is 171 Å². The van der Waals surface area contributed by atoms with Crippen LogP contribution >= 0.6 is 0 Å². The number of amides is 1. The number of hydrogen-bond donors (Lipinski definition) is 1. The third-order valence-corrected chi connectivity index (χ3v) is 4.22. The van der Waals surface area contributed by atoms with Gasteiger partial charge in [-0.15, -0.1) is 0 Å². The van der Waals surface area contributed by atoms with Crippen molar-refractivity contribution in [3.63, 3.8) is 0 Å². The smallest absolute Gasteiger partial charge is 0.338 e. The van der Waals surface area contributed by atoms with Crippen molar-refractivity contribution in [1.82, 2.24) is 0 Å². The van der Waals surface area contributed by atoms with Crippen molar-refractivity contribution in [2.24, 2.45) is 0 Å². The van der Waals surface area contributed by atoms with Crippen LogP contribution in [-0.2, 0) is 9.53 Å². The Morgan fingerprint density at radius 3 is 2.41 bits per heavy atom. The van der Waals surface area contributed by atoms with E-state index in [1.54, 1.807) is 56.7 Å². The van der Waals surface area contributed by atoms with Crippen LogP contribution in [0.1, 0.15) is 42.1 Å². The lowest BCUT2D eigenvalue weighted by atomic mass is 10.1. The highest BCUT2D eigenvalue weighted by Gasteiger charge is 2.08. The lowest BCUT2D eigenvalue weighted by Crippen LogP contribution is -2.09. The molecule has 0 fully saturated rings. The van der Waals surface area contributed by atoms with Gasteiger partial charge in [-0.25, -0.2) is 4.79 Å². The Kier molecular flexibility index (Phi) is 8.76. The summed E-state index contributed by atoms with van der Waals surface area (Å²) in [5.74, 6) is 0.630. The fourth-order valence-electron chi connectivity index (χ4n) is 2.60. The van der Waals surface area contributed by atoms with Gasteiger partial charge in [-0.3, -0.25) is 4.79 Å². The van der Waals surface area contributed by atoms with Crippen LogP contribution in [0, 0.1) is 0 Å². The van der Waals surface area contributed by atoms with Crippen molar-refractivity contribution in [3.8, 4) is 11.5 Å². The van der Waals surface area contributed by atoms with Gasteiger partial charge >= 0.3 is 5.97 Å². The first kappa shape index (κ1) is 22.0. The molecule has 6 nitrogen and oxygen atoms in total. The molecule has 2 rings (SSSR count). The second-order valence-electron chi connectivity index (χ2n) is 6.35. The predicted octanol–water partition coefficient (Wildman–Crippen LogP) is 4.70. The predicted molar refractivity (Wildman–Crippen MR) is 113 cm³/mol. The van der Waals surface area contributed by atoms with E-state index in [-0.39, 0.29) is 11.9 Å². The van der Waals surface area contributed by atoms with Crippen LogP contribution in [0.3, 0.4) is 0 Å². The number of methoxy groups -OCH3 is 2. The first-order chi connectivity index (χ1) is 14.1. The second-order valence-corrected chi connectivity index (χ2v) is 6.35. The van der Waals surface area contributed by atoms with E-state index in [0.29, 0.717) is 29.4 Å². The van der Waals surface area contributed by atoms with Gasteiger partial charge in [-0.2, -0.15) is 0 Å². The molecule has 1 amide bonds. The number of nitrogens with one attached hydrogen (secondary N) is 1. The largest absolute Gasteiger partial charge is 0.497 e. The zero-order valence-electron chi connectivity index (χ0n) is 17.1. The molecule has 0 atom stereocenters. The van der Waals surface area contributed by atoms with Crippen molar-refractivity contribution >= 4 is 23.6 Å². The third-order valence-electron chi connectivity index (χ3n) is 4.22. The summed E-state index contributed by atoms with van der Waals surface area (Å²) in [5, 5.41) is 2.75. The maximum atomic E-state index is 12.2. The Morgan fingerprint density at radius 1 is 1.00 bits per heavy atom. The lowest BCUT2D eigenvalue weighted by molar-refractivity contribution is -0.111. The number of rotatable bonds is 10. The maximum absolute atomic E-state index is 12.2. The van der Waals surface area contributed by atoms with Crippen molar-refractivity contribution in [3.05, 3.63) is 59.7 Å². The molecule has 0 aliphatic carbocycles. The Bertz CT molecular complexity index is 843. The SMILES string of the molecule is CCCCCOC(=O)c1ccc(NC(=O)C=Cc2ccc(OC)cc2OC)cc1. The Morgan fingerprint density at radius 2 is 1.76 bits per heavy atom. The molecular formula is C23H27NO5. The van der Waals surface area contributed by atoms with Gasteiger partial charge in [0.2, 0.25) is 5.91 Å². The third kappa shape index (κ3) is 6.99. The molecule has 1 N–H and O–H groups in total. The molecule has 29 heavy (non-hydrogen) atoms. The van der Waals surface area contributed by atoms with Crippen molar-refractivity contribution in [1.29, 1.82) is 0 Å². The molecule has 0 aliphatic rings. The van der Waals surface area contributed by atoms with E-state index in [1.165, 1.54) is 6.08 Å². The van der Waals surface area contributed by atoms with Crippen molar-refractivity contribution < 1.29 is 23.8 Å². The van der Waals surface area contributed by atoms with E-state index in [4.69, 9.17) is 14.2 Å². The average Bonchev–Trinajstić information content (AvgIpc) is 2.75. The minimum atomic E-state index is -0.356. The van der Waals surface area contributed by atoms with Gasteiger partial charge in [0.15, 0.2) is 0 Å². The Hall–Kier alpha value is -3.28. The van der Waals surface area contributed by atoms with Crippen LogP contribution in [0.25, 0.3) is 6.08 Å².